The Morgan fingerprint density at radius 3 is 2.67 bits per heavy atom. The fraction of sp³-hybridized carbons (Fsp3) is 0.714. The molecule has 1 aliphatic heterocycles. The first-order chi connectivity index (χ1) is 8.63. The van der Waals surface area contributed by atoms with Crippen LogP contribution in [0.25, 0.3) is 0 Å². The van der Waals surface area contributed by atoms with Gasteiger partial charge in [0.15, 0.2) is 0 Å². The predicted octanol–water partition coefficient (Wildman–Crippen LogP) is 3.49. The second kappa shape index (κ2) is 4.69. The summed E-state index contributed by atoms with van der Waals surface area (Å²) in [7, 11) is 0. The number of aromatic nitrogens is 2. The Hall–Kier alpha value is -0.830. The first kappa shape index (κ1) is 12.2. The van der Waals surface area contributed by atoms with Gasteiger partial charge in [0.25, 0.3) is 0 Å². The van der Waals surface area contributed by atoms with Gasteiger partial charge in [-0.25, -0.2) is 9.97 Å². The average molecular weight is 266 g/mol. The highest BCUT2D eigenvalue weighted by Gasteiger charge is 2.30. The number of hydrogen-bond acceptors (Lipinski definition) is 3. The van der Waals surface area contributed by atoms with E-state index in [0.717, 1.165) is 36.6 Å². The van der Waals surface area contributed by atoms with Crippen LogP contribution in [0.1, 0.15) is 44.9 Å². The van der Waals surface area contributed by atoms with Gasteiger partial charge >= 0.3 is 0 Å². The van der Waals surface area contributed by atoms with E-state index in [2.05, 4.69) is 23.7 Å². The van der Waals surface area contributed by atoms with Crippen molar-refractivity contribution in [1.82, 2.24) is 9.97 Å². The van der Waals surface area contributed by atoms with Gasteiger partial charge in [-0.1, -0.05) is 25.4 Å². The topological polar surface area (TPSA) is 29.0 Å². The zero-order valence-corrected chi connectivity index (χ0v) is 11.8. The molecule has 0 spiro atoms. The summed E-state index contributed by atoms with van der Waals surface area (Å²) in [5, 5.41) is 0.592. The summed E-state index contributed by atoms with van der Waals surface area (Å²) in [6, 6.07) is 1.91. The van der Waals surface area contributed by atoms with Crippen LogP contribution < -0.4 is 4.90 Å². The monoisotopic (exact) mass is 265 g/mol. The van der Waals surface area contributed by atoms with Crippen molar-refractivity contribution in [1.29, 1.82) is 0 Å². The summed E-state index contributed by atoms with van der Waals surface area (Å²) in [5.41, 5.74) is 0. The molecule has 98 valence electrons. The average Bonchev–Trinajstić information content (AvgIpc) is 3.05. The van der Waals surface area contributed by atoms with Crippen molar-refractivity contribution in [2.45, 2.75) is 39.0 Å². The lowest BCUT2D eigenvalue weighted by Gasteiger charge is -2.19. The minimum Gasteiger partial charge on any atom is -0.356 e. The molecule has 2 fully saturated rings. The molecule has 1 aromatic heterocycles. The largest absolute Gasteiger partial charge is 0.356 e. The predicted molar refractivity (Wildman–Crippen MR) is 74.2 cm³/mol. The van der Waals surface area contributed by atoms with E-state index in [9.17, 15) is 0 Å². The van der Waals surface area contributed by atoms with Gasteiger partial charge in [-0.2, -0.15) is 0 Å². The van der Waals surface area contributed by atoms with Crippen molar-refractivity contribution in [2.75, 3.05) is 18.0 Å². The highest BCUT2D eigenvalue weighted by atomic mass is 35.5. The van der Waals surface area contributed by atoms with Crippen molar-refractivity contribution >= 4 is 17.4 Å². The third kappa shape index (κ3) is 2.46. The lowest BCUT2D eigenvalue weighted by molar-refractivity contribution is 0.422. The summed E-state index contributed by atoms with van der Waals surface area (Å²) in [5.74, 6) is 4.06. The molecule has 1 atom stereocenters. The molecule has 2 heterocycles. The minimum atomic E-state index is 0.561. The van der Waals surface area contributed by atoms with E-state index < -0.39 is 0 Å². The van der Waals surface area contributed by atoms with Crippen LogP contribution >= 0.6 is 11.6 Å². The van der Waals surface area contributed by atoms with Gasteiger partial charge in [-0.05, 0) is 31.1 Å². The number of halogens is 1. The molecule has 3 nitrogen and oxygen atoms in total. The molecular formula is C14H20ClN3. The Morgan fingerprint density at radius 2 is 2.06 bits per heavy atom. The molecule has 0 radical (unpaired) electrons. The van der Waals surface area contributed by atoms with E-state index in [1.165, 1.54) is 19.3 Å². The molecule has 0 aromatic carbocycles. The van der Waals surface area contributed by atoms with E-state index in [0.29, 0.717) is 11.1 Å². The lowest BCUT2D eigenvalue weighted by atomic mass is 9.95. The first-order valence-corrected chi connectivity index (χ1v) is 7.30. The Bertz CT molecular complexity index is 443. The number of rotatable bonds is 3. The molecular weight excluding hydrogens is 246 g/mol. The molecule has 1 unspecified atom stereocenters. The number of hydrogen-bond donors (Lipinski definition) is 0. The maximum atomic E-state index is 6.12. The van der Waals surface area contributed by atoms with Crippen molar-refractivity contribution < 1.29 is 0 Å². The Balaban J connectivity index is 1.79. The summed E-state index contributed by atoms with van der Waals surface area (Å²) in [6.45, 7) is 6.81. The fourth-order valence-electron chi connectivity index (χ4n) is 2.65. The molecule has 2 aliphatic rings. The Labute approximate surface area is 114 Å². The smallest absolute Gasteiger partial charge is 0.135 e. The molecule has 1 aliphatic carbocycles. The van der Waals surface area contributed by atoms with Gasteiger partial charge < -0.3 is 4.90 Å². The Kier molecular flexibility index (Phi) is 3.18. The SMILES string of the molecule is CC(C)C1CCN(c2cc(Cl)nc(C3CC3)n2)C1. The lowest BCUT2D eigenvalue weighted by Crippen LogP contribution is -2.22. The third-order valence-electron chi connectivity index (χ3n) is 4.13. The second-order valence-electron chi connectivity index (χ2n) is 5.92. The molecule has 1 aromatic rings. The normalized spacial score (nSPS) is 24.0. The van der Waals surface area contributed by atoms with Gasteiger partial charge in [0.2, 0.25) is 0 Å². The molecule has 18 heavy (non-hydrogen) atoms. The van der Waals surface area contributed by atoms with Crippen molar-refractivity contribution in [3.63, 3.8) is 0 Å². The molecule has 0 N–H and O–H groups in total. The van der Waals surface area contributed by atoms with Gasteiger partial charge in [0.05, 0.1) is 0 Å². The van der Waals surface area contributed by atoms with E-state index in [1.807, 2.05) is 6.07 Å². The molecule has 1 saturated carbocycles. The molecule has 3 rings (SSSR count). The van der Waals surface area contributed by atoms with Crippen molar-refractivity contribution in [3.05, 3.63) is 17.0 Å². The molecule has 0 amide bonds. The Morgan fingerprint density at radius 1 is 1.28 bits per heavy atom. The van der Waals surface area contributed by atoms with Gasteiger partial charge in [-0.3, -0.25) is 0 Å². The van der Waals surface area contributed by atoms with Crippen LogP contribution in [-0.2, 0) is 0 Å². The van der Waals surface area contributed by atoms with Gasteiger partial charge in [0.1, 0.15) is 16.8 Å². The van der Waals surface area contributed by atoms with Crippen LogP contribution in [0, 0.1) is 11.8 Å². The van der Waals surface area contributed by atoms with Crippen LogP contribution in [0.2, 0.25) is 5.15 Å². The maximum Gasteiger partial charge on any atom is 0.135 e. The molecule has 4 heteroatoms. The quantitative estimate of drug-likeness (QED) is 0.784. The van der Waals surface area contributed by atoms with Crippen LogP contribution in [0.5, 0.6) is 0 Å². The van der Waals surface area contributed by atoms with Crippen molar-refractivity contribution in [3.8, 4) is 0 Å². The standard InChI is InChI=1S/C14H20ClN3/c1-9(2)11-5-6-18(8-11)13-7-12(15)16-14(17-13)10-3-4-10/h7,9-11H,3-6,8H2,1-2H3. The summed E-state index contributed by atoms with van der Waals surface area (Å²) in [4.78, 5) is 11.4. The first-order valence-electron chi connectivity index (χ1n) is 6.93. The van der Waals surface area contributed by atoms with Crippen molar-refractivity contribution in [2.24, 2.45) is 11.8 Å². The van der Waals surface area contributed by atoms with E-state index in [-0.39, 0.29) is 0 Å². The zero-order chi connectivity index (χ0) is 12.7. The van der Waals surface area contributed by atoms with Crippen LogP contribution in [0.3, 0.4) is 0 Å². The van der Waals surface area contributed by atoms with E-state index >= 15 is 0 Å². The summed E-state index contributed by atoms with van der Waals surface area (Å²) < 4.78 is 0. The minimum absolute atomic E-state index is 0.561. The van der Waals surface area contributed by atoms with Crippen LogP contribution in [-0.4, -0.2) is 23.1 Å². The second-order valence-corrected chi connectivity index (χ2v) is 6.31. The van der Waals surface area contributed by atoms with Crippen LogP contribution in [0.4, 0.5) is 5.82 Å². The molecule has 1 saturated heterocycles. The summed E-state index contributed by atoms with van der Waals surface area (Å²) >= 11 is 6.12. The van der Waals surface area contributed by atoms with Crippen LogP contribution in [0.15, 0.2) is 6.07 Å². The molecule has 0 bridgehead atoms. The summed E-state index contributed by atoms with van der Waals surface area (Å²) in [6.07, 6.45) is 3.70. The highest BCUT2D eigenvalue weighted by molar-refractivity contribution is 6.29. The van der Waals surface area contributed by atoms with E-state index in [1.54, 1.807) is 0 Å². The highest BCUT2D eigenvalue weighted by Crippen LogP contribution is 2.39. The van der Waals surface area contributed by atoms with Gasteiger partial charge in [0, 0.05) is 25.1 Å². The zero-order valence-electron chi connectivity index (χ0n) is 11.1. The van der Waals surface area contributed by atoms with Gasteiger partial charge in [-0.15, -0.1) is 0 Å². The number of nitrogens with zero attached hydrogens (tertiary/aromatic N) is 3. The third-order valence-corrected chi connectivity index (χ3v) is 4.33. The maximum absolute atomic E-state index is 6.12. The van der Waals surface area contributed by atoms with E-state index in [4.69, 9.17) is 16.6 Å². The fourth-order valence-corrected chi connectivity index (χ4v) is 2.83. The number of anilines is 1.